The fourth-order valence-electron chi connectivity index (χ4n) is 0.942. The number of carbonyl (C=O) groups is 1. The van der Waals surface area contributed by atoms with E-state index in [-0.39, 0.29) is 18.0 Å². The summed E-state index contributed by atoms with van der Waals surface area (Å²) in [5.41, 5.74) is 0.154. The molecule has 6 nitrogen and oxygen atoms in total. The molecule has 0 aliphatic heterocycles. The summed E-state index contributed by atoms with van der Waals surface area (Å²) in [6.07, 6.45) is 1.44. The van der Waals surface area contributed by atoms with Crippen LogP contribution in [-0.4, -0.2) is 29.2 Å². The summed E-state index contributed by atoms with van der Waals surface area (Å²) in [6.45, 7) is 2.52. The number of H-pyrrole nitrogens is 1. The molecule has 1 amide bonds. The number of aromatic nitrogens is 2. The van der Waals surface area contributed by atoms with Gasteiger partial charge in [-0.25, -0.2) is 5.10 Å². The standard InChI is InChI=1S/C8H11BrN4O2/c1-2-10-6(14)4-11-5-3-12-13-8(15)7(5)9/h3H,2,4H2,1H3,(H,10,14)(H2,11,13,15). The lowest BCUT2D eigenvalue weighted by Crippen LogP contribution is -2.29. The first kappa shape index (κ1) is 11.7. The molecule has 0 radical (unpaired) electrons. The molecule has 0 aliphatic rings. The highest BCUT2D eigenvalue weighted by Crippen LogP contribution is 2.14. The van der Waals surface area contributed by atoms with Crippen molar-refractivity contribution >= 4 is 27.5 Å². The minimum absolute atomic E-state index is 0.109. The summed E-state index contributed by atoms with van der Waals surface area (Å²) in [5.74, 6) is -0.135. The van der Waals surface area contributed by atoms with Gasteiger partial charge in [0, 0.05) is 6.54 Å². The molecule has 0 saturated carbocycles. The molecule has 0 aliphatic carbocycles. The third-order valence-corrected chi connectivity index (χ3v) is 2.40. The zero-order valence-corrected chi connectivity index (χ0v) is 9.72. The van der Waals surface area contributed by atoms with Gasteiger partial charge in [0.1, 0.15) is 4.47 Å². The van der Waals surface area contributed by atoms with Gasteiger partial charge in [-0.1, -0.05) is 0 Å². The van der Waals surface area contributed by atoms with Gasteiger partial charge >= 0.3 is 0 Å². The Kier molecular flexibility index (Phi) is 4.29. The van der Waals surface area contributed by atoms with Crippen molar-refractivity contribution in [2.24, 2.45) is 0 Å². The first-order valence-electron chi connectivity index (χ1n) is 4.39. The van der Waals surface area contributed by atoms with Gasteiger partial charge in [0.25, 0.3) is 5.56 Å². The van der Waals surface area contributed by atoms with Gasteiger partial charge in [-0.2, -0.15) is 5.10 Å². The van der Waals surface area contributed by atoms with Gasteiger partial charge in [0.2, 0.25) is 5.91 Å². The molecule has 0 spiro atoms. The average molecular weight is 275 g/mol. The predicted molar refractivity (Wildman–Crippen MR) is 59.7 cm³/mol. The maximum atomic E-state index is 11.1. The van der Waals surface area contributed by atoms with Crippen LogP contribution in [0.4, 0.5) is 5.69 Å². The Morgan fingerprint density at radius 2 is 2.40 bits per heavy atom. The monoisotopic (exact) mass is 274 g/mol. The molecule has 0 fully saturated rings. The zero-order valence-electron chi connectivity index (χ0n) is 8.13. The molecule has 1 aromatic heterocycles. The number of hydrogen-bond donors (Lipinski definition) is 3. The minimum Gasteiger partial charge on any atom is -0.374 e. The molecule has 3 N–H and O–H groups in total. The van der Waals surface area contributed by atoms with E-state index in [9.17, 15) is 9.59 Å². The molecule has 0 unspecified atom stereocenters. The lowest BCUT2D eigenvalue weighted by Gasteiger charge is -2.06. The van der Waals surface area contributed by atoms with Crippen LogP contribution < -0.4 is 16.2 Å². The van der Waals surface area contributed by atoms with Crippen molar-refractivity contribution in [3.63, 3.8) is 0 Å². The number of hydrogen-bond acceptors (Lipinski definition) is 4. The number of anilines is 1. The third kappa shape index (κ3) is 3.35. The Bertz CT molecular complexity index is 404. The smallest absolute Gasteiger partial charge is 0.280 e. The summed E-state index contributed by atoms with van der Waals surface area (Å²) in [4.78, 5) is 22.2. The van der Waals surface area contributed by atoms with Gasteiger partial charge in [-0.05, 0) is 22.9 Å². The van der Waals surface area contributed by atoms with Crippen molar-refractivity contribution in [1.29, 1.82) is 0 Å². The first-order valence-corrected chi connectivity index (χ1v) is 5.18. The van der Waals surface area contributed by atoms with Crippen molar-refractivity contribution in [3.8, 4) is 0 Å². The van der Waals surface area contributed by atoms with Gasteiger partial charge in [0.05, 0.1) is 18.4 Å². The van der Waals surface area contributed by atoms with Crippen molar-refractivity contribution in [2.75, 3.05) is 18.4 Å². The number of likely N-dealkylation sites (N-methyl/N-ethyl adjacent to an activating group) is 1. The molecule has 1 aromatic rings. The van der Waals surface area contributed by atoms with E-state index in [2.05, 4.69) is 36.8 Å². The number of halogens is 1. The highest BCUT2D eigenvalue weighted by atomic mass is 79.9. The SMILES string of the molecule is CCNC(=O)CNc1cn[nH]c(=O)c1Br. The van der Waals surface area contributed by atoms with Crippen LogP contribution in [0.3, 0.4) is 0 Å². The predicted octanol–water partition coefficient (Wildman–Crippen LogP) is 0.0804. The fraction of sp³-hybridized carbons (Fsp3) is 0.375. The van der Waals surface area contributed by atoms with E-state index in [0.29, 0.717) is 16.7 Å². The Balaban J connectivity index is 2.62. The van der Waals surface area contributed by atoms with Crippen LogP contribution in [0.1, 0.15) is 6.92 Å². The van der Waals surface area contributed by atoms with E-state index >= 15 is 0 Å². The Morgan fingerprint density at radius 3 is 3.07 bits per heavy atom. The number of carbonyl (C=O) groups excluding carboxylic acids is 1. The summed E-state index contributed by atoms with van der Waals surface area (Å²) in [6, 6.07) is 0. The second-order valence-corrected chi connectivity index (χ2v) is 3.53. The molecule has 82 valence electrons. The van der Waals surface area contributed by atoms with Crippen molar-refractivity contribution in [1.82, 2.24) is 15.5 Å². The van der Waals surface area contributed by atoms with E-state index in [1.54, 1.807) is 0 Å². The second kappa shape index (κ2) is 5.50. The van der Waals surface area contributed by atoms with Crippen LogP contribution in [0.5, 0.6) is 0 Å². The quantitative estimate of drug-likeness (QED) is 0.726. The maximum absolute atomic E-state index is 11.1. The average Bonchev–Trinajstić information content (AvgIpc) is 2.21. The minimum atomic E-state index is -0.337. The van der Waals surface area contributed by atoms with Crippen LogP contribution in [0.15, 0.2) is 15.5 Å². The van der Waals surface area contributed by atoms with E-state index < -0.39 is 0 Å². The highest BCUT2D eigenvalue weighted by Gasteiger charge is 2.05. The molecule has 1 heterocycles. The third-order valence-electron chi connectivity index (χ3n) is 1.61. The molecule has 7 heteroatoms. The summed E-state index contributed by atoms with van der Waals surface area (Å²) >= 11 is 3.09. The normalized spacial score (nSPS) is 9.73. The molecule has 15 heavy (non-hydrogen) atoms. The van der Waals surface area contributed by atoms with E-state index in [4.69, 9.17) is 0 Å². The first-order chi connectivity index (χ1) is 7.15. The molecule has 0 bridgehead atoms. The number of amides is 1. The molecule has 1 rings (SSSR count). The van der Waals surface area contributed by atoms with Crippen molar-refractivity contribution in [2.45, 2.75) is 6.92 Å². The molecular formula is C8H11BrN4O2. The van der Waals surface area contributed by atoms with Crippen molar-refractivity contribution < 1.29 is 4.79 Å². The Hall–Kier alpha value is -1.37. The summed E-state index contributed by atoms with van der Waals surface area (Å²) in [7, 11) is 0. The molecular weight excluding hydrogens is 264 g/mol. The lowest BCUT2D eigenvalue weighted by atomic mass is 10.4. The van der Waals surface area contributed by atoms with Gasteiger partial charge in [-0.3, -0.25) is 9.59 Å². The van der Waals surface area contributed by atoms with E-state index in [1.165, 1.54) is 6.20 Å². The summed E-state index contributed by atoms with van der Waals surface area (Å²) in [5, 5.41) is 11.3. The zero-order chi connectivity index (χ0) is 11.3. The largest absolute Gasteiger partial charge is 0.374 e. The maximum Gasteiger partial charge on any atom is 0.280 e. The van der Waals surface area contributed by atoms with Gasteiger partial charge in [0.15, 0.2) is 0 Å². The summed E-state index contributed by atoms with van der Waals surface area (Å²) < 4.78 is 0.335. The fourth-order valence-corrected chi connectivity index (χ4v) is 1.27. The number of rotatable bonds is 4. The molecule has 0 atom stereocenters. The van der Waals surface area contributed by atoms with Gasteiger partial charge in [-0.15, -0.1) is 0 Å². The van der Waals surface area contributed by atoms with Crippen LogP contribution in [-0.2, 0) is 4.79 Å². The highest BCUT2D eigenvalue weighted by molar-refractivity contribution is 9.10. The number of nitrogens with one attached hydrogen (secondary N) is 3. The van der Waals surface area contributed by atoms with Crippen LogP contribution in [0, 0.1) is 0 Å². The van der Waals surface area contributed by atoms with Gasteiger partial charge < -0.3 is 10.6 Å². The van der Waals surface area contributed by atoms with Crippen molar-refractivity contribution in [3.05, 3.63) is 21.0 Å². The van der Waals surface area contributed by atoms with E-state index in [1.807, 2.05) is 6.92 Å². The Labute approximate surface area is 94.6 Å². The number of aromatic amines is 1. The second-order valence-electron chi connectivity index (χ2n) is 2.73. The molecule has 0 saturated heterocycles. The topological polar surface area (TPSA) is 86.9 Å². The lowest BCUT2D eigenvalue weighted by molar-refractivity contribution is -0.119. The van der Waals surface area contributed by atoms with E-state index in [0.717, 1.165) is 0 Å². The van der Waals surface area contributed by atoms with Crippen LogP contribution >= 0.6 is 15.9 Å². The number of nitrogens with zero attached hydrogens (tertiary/aromatic N) is 1. The Morgan fingerprint density at radius 1 is 1.67 bits per heavy atom. The molecule has 0 aromatic carbocycles. The van der Waals surface area contributed by atoms with Crippen LogP contribution in [0.2, 0.25) is 0 Å². The van der Waals surface area contributed by atoms with Crippen LogP contribution in [0.25, 0.3) is 0 Å².